The van der Waals surface area contributed by atoms with Crippen LogP contribution >= 0.6 is 11.3 Å². The van der Waals surface area contributed by atoms with Gasteiger partial charge in [-0.05, 0) is 50.3 Å². The molecule has 0 aliphatic heterocycles. The molecule has 1 aliphatic carbocycles. The van der Waals surface area contributed by atoms with E-state index in [0.717, 1.165) is 31.2 Å². The number of nitriles is 2. The fraction of sp³-hybridized carbons (Fsp3) is 0.381. The van der Waals surface area contributed by atoms with Crippen LogP contribution in [0.4, 0.5) is 5.00 Å². The van der Waals surface area contributed by atoms with Crippen molar-refractivity contribution in [2.45, 2.75) is 39.0 Å². The first kappa shape index (κ1) is 19.7. The van der Waals surface area contributed by atoms with Gasteiger partial charge in [0.15, 0.2) is 18.1 Å². The van der Waals surface area contributed by atoms with Crippen molar-refractivity contribution in [1.29, 1.82) is 10.5 Å². The van der Waals surface area contributed by atoms with Gasteiger partial charge in [-0.2, -0.15) is 10.5 Å². The highest BCUT2D eigenvalue weighted by Crippen LogP contribution is 2.37. The molecule has 0 spiro atoms. The molecule has 1 heterocycles. The second kappa shape index (κ2) is 9.25. The lowest BCUT2D eigenvalue weighted by molar-refractivity contribution is -0.118. The standard InChI is InChI=1S/C21H21N3O3S/c1-2-26-18-10-14(11-22)8-9-17(18)27-13-20(25)24-21-16(12-23)15-6-4-3-5-7-19(15)28-21/h8-10H,2-7,13H2,1H3,(H,24,25). The molecule has 0 radical (unpaired) electrons. The lowest BCUT2D eigenvalue weighted by Crippen LogP contribution is -2.20. The summed E-state index contributed by atoms with van der Waals surface area (Å²) in [7, 11) is 0. The Labute approximate surface area is 168 Å². The number of thiophene rings is 1. The van der Waals surface area contributed by atoms with E-state index in [2.05, 4.69) is 11.4 Å². The number of rotatable bonds is 6. The van der Waals surface area contributed by atoms with Gasteiger partial charge in [-0.1, -0.05) is 6.42 Å². The molecule has 0 atom stereocenters. The summed E-state index contributed by atoms with van der Waals surface area (Å²) in [6.45, 7) is 2.04. The van der Waals surface area contributed by atoms with Crippen molar-refractivity contribution in [1.82, 2.24) is 0 Å². The van der Waals surface area contributed by atoms with Crippen molar-refractivity contribution >= 4 is 22.2 Å². The van der Waals surface area contributed by atoms with E-state index in [0.29, 0.717) is 34.2 Å². The molecule has 1 amide bonds. The molecule has 1 aromatic heterocycles. The van der Waals surface area contributed by atoms with E-state index in [-0.39, 0.29) is 12.5 Å². The fourth-order valence-electron chi connectivity index (χ4n) is 3.22. The van der Waals surface area contributed by atoms with Gasteiger partial charge in [0.05, 0.1) is 23.8 Å². The number of nitrogens with one attached hydrogen (secondary N) is 1. The lowest BCUT2D eigenvalue weighted by atomic mass is 10.1. The van der Waals surface area contributed by atoms with Crippen LogP contribution in [-0.4, -0.2) is 19.1 Å². The summed E-state index contributed by atoms with van der Waals surface area (Å²) >= 11 is 1.50. The van der Waals surface area contributed by atoms with E-state index < -0.39 is 0 Å². The van der Waals surface area contributed by atoms with Gasteiger partial charge in [-0.3, -0.25) is 4.79 Å². The Morgan fingerprint density at radius 3 is 2.71 bits per heavy atom. The average molecular weight is 395 g/mol. The van der Waals surface area contributed by atoms with E-state index in [4.69, 9.17) is 14.7 Å². The second-order valence-corrected chi connectivity index (χ2v) is 7.53. The van der Waals surface area contributed by atoms with Crippen molar-refractivity contribution in [3.8, 4) is 23.6 Å². The van der Waals surface area contributed by atoms with Gasteiger partial charge in [-0.25, -0.2) is 0 Å². The smallest absolute Gasteiger partial charge is 0.262 e. The van der Waals surface area contributed by atoms with Crippen LogP contribution in [0.1, 0.15) is 47.8 Å². The normalized spacial score (nSPS) is 12.8. The Hall–Kier alpha value is -3.03. The first-order valence-electron chi connectivity index (χ1n) is 9.30. The molecule has 7 heteroatoms. The zero-order chi connectivity index (χ0) is 19.9. The Morgan fingerprint density at radius 1 is 1.14 bits per heavy atom. The third-order valence-electron chi connectivity index (χ3n) is 4.52. The number of ether oxygens (including phenoxy) is 2. The molecular weight excluding hydrogens is 374 g/mol. The van der Waals surface area contributed by atoms with E-state index in [1.165, 1.54) is 22.6 Å². The van der Waals surface area contributed by atoms with Crippen LogP contribution < -0.4 is 14.8 Å². The lowest BCUT2D eigenvalue weighted by Gasteiger charge is -2.12. The van der Waals surface area contributed by atoms with Crippen LogP contribution in [-0.2, 0) is 17.6 Å². The zero-order valence-electron chi connectivity index (χ0n) is 15.7. The van der Waals surface area contributed by atoms with Gasteiger partial charge in [0, 0.05) is 10.9 Å². The van der Waals surface area contributed by atoms with Gasteiger partial charge >= 0.3 is 0 Å². The van der Waals surface area contributed by atoms with E-state index >= 15 is 0 Å². The summed E-state index contributed by atoms with van der Waals surface area (Å²) in [5.41, 5.74) is 2.13. The highest BCUT2D eigenvalue weighted by molar-refractivity contribution is 7.16. The monoisotopic (exact) mass is 395 g/mol. The minimum absolute atomic E-state index is 0.209. The molecule has 0 unspecified atom stereocenters. The summed E-state index contributed by atoms with van der Waals surface area (Å²) in [4.78, 5) is 13.6. The summed E-state index contributed by atoms with van der Waals surface area (Å²) < 4.78 is 11.1. The van der Waals surface area contributed by atoms with Crippen LogP contribution in [0.2, 0.25) is 0 Å². The predicted octanol–water partition coefficient (Wildman–Crippen LogP) is 4.18. The minimum atomic E-state index is -0.334. The van der Waals surface area contributed by atoms with Gasteiger partial charge in [-0.15, -0.1) is 11.3 Å². The van der Waals surface area contributed by atoms with Crippen molar-refractivity contribution in [3.05, 3.63) is 39.8 Å². The maximum Gasteiger partial charge on any atom is 0.262 e. The number of hydrogen-bond acceptors (Lipinski definition) is 6. The van der Waals surface area contributed by atoms with E-state index in [9.17, 15) is 10.1 Å². The molecule has 0 saturated heterocycles. The number of anilines is 1. The Kier molecular flexibility index (Phi) is 6.52. The Balaban J connectivity index is 1.69. The van der Waals surface area contributed by atoms with Crippen LogP contribution in [0, 0.1) is 22.7 Å². The van der Waals surface area contributed by atoms with Crippen LogP contribution in [0.3, 0.4) is 0 Å². The van der Waals surface area contributed by atoms with Gasteiger partial charge < -0.3 is 14.8 Å². The van der Waals surface area contributed by atoms with Crippen molar-refractivity contribution < 1.29 is 14.3 Å². The molecule has 2 aromatic rings. The third kappa shape index (κ3) is 4.44. The Morgan fingerprint density at radius 2 is 1.96 bits per heavy atom. The first-order valence-corrected chi connectivity index (χ1v) is 10.1. The van der Waals surface area contributed by atoms with Crippen LogP contribution in [0.25, 0.3) is 0 Å². The molecule has 0 fully saturated rings. The topological polar surface area (TPSA) is 95.1 Å². The number of carbonyl (C=O) groups is 1. The molecule has 3 rings (SSSR count). The number of nitrogens with zero attached hydrogens (tertiary/aromatic N) is 2. The molecule has 1 aromatic carbocycles. The maximum atomic E-state index is 12.4. The van der Waals surface area contributed by atoms with Gasteiger partial charge in [0.2, 0.25) is 0 Å². The summed E-state index contributed by atoms with van der Waals surface area (Å²) in [5.74, 6) is 0.494. The number of fused-ring (bicyclic) bond motifs is 1. The molecule has 0 saturated carbocycles. The van der Waals surface area contributed by atoms with Crippen LogP contribution in [0.15, 0.2) is 18.2 Å². The third-order valence-corrected chi connectivity index (χ3v) is 5.72. The van der Waals surface area contributed by atoms with E-state index in [1.54, 1.807) is 18.2 Å². The van der Waals surface area contributed by atoms with Crippen molar-refractivity contribution in [2.24, 2.45) is 0 Å². The highest BCUT2D eigenvalue weighted by atomic mass is 32.1. The quantitative estimate of drug-likeness (QED) is 0.741. The number of amides is 1. The van der Waals surface area contributed by atoms with Crippen LogP contribution in [0.5, 0.6) is 11.5 Å². The number of aryl methyl sites for hydroxylation is 1. The Bertz CT molecular complexity index is 953. The average Bonchev–Trinajstić information content (AvgIpc) is 2.86. The van der Waals surface area contributed by atoms with Crippen molar-refractivity contribution in [2.75, 3.05) is 18.5 Å². The molecule has 0 bridgehead atoms. The summed E-state index contributed by atoms with van der Waals surface area (Å²) in [6, 6.07) is 9.11. The van der Waals surface area contributed by atoms with Gasteiger partial charge in [0.1, 0.15) is 11.1 Å². The van der Waals surface area contributed by atoms with Gasteiger partial charge in [0.25, 0.3) is 5.91 Å². The SMILES string of the molecule is CCOc1cc(C#N)ccc1OCC(=O)Nc1sc2c(c1C#N)CCCCC2. The molecule has 28 heavy (non-hydrogen) atoms. The zero-order valence-corrected chi connectivity index (χ0v) is 16.5. The summed E-state index contributed by atoms with van der Waals surface area (Å²) in [5, 5.41) is 22.0. The number of carbonyl (C=O) groups excluding carboxylic acids is 1. The fourth-order valence-corrected chi connectivity index (χ4v) is 4.48. The van der Waals surface area contributed by atoms with Crippen molar-refractivity contribution in [3.63, 3.8) is 0 Å². The second-order valence-electron chi connectivity index (χ2n) is 6.42. The molecular formula is C21H21N3O3S. The molecule has 1 N–H and O–H groups in total. The van der Waals surface area contributed by atoms with E-state index in [1.807, 2.05) is 13.0 Å². The predicted molar refractivity (Wildman–Crippen MR) is 107 cm³/mol. The number of benzene rings is 1. The molecule has 1 aliphatic rings. The first-order chi connectivity index (χ1) is 13.7. The highest BCUT2D eigenvalue weighted by Gasteiger charge is 2.21. The molecule has 6 nitrogen and oxygen atoms in total. The number of hydrogen-bond donors (Lipinski definition) is 1. The summed E-state index contributed by atoms with van der Waals surface area (Å²) in [6.07, 6.45) is 5.23. The maximum absolute atomic E-state index is 12.4. The molecule has 144 valence electrons. The minimum Gasteiger partial charge on any atom is -0.490 e. The largest absolute Gasteiger partial charge is 0.490 e.